The number of benzene rings is 1. The lowest BCUT2D eigenvalue weighted by Crippen LogP contribution is -2.38. The van der Waals surface area contributed by atoms with Gasteiger partial charge in [-0.25, -0.2) is 0 Å². The molecule has 146 valence electrons. The van der Waals surface area contributed by atoms with Crippen LogP contribution in [0.1, 0.15) is 12.8 Å². The Hall–Kier alpha value is -2.25. The molecule has 2 N–H and O–H groups in total. The number of fused-ring (bicyclic) bond motifs is 1. The minimum absolute atomic E-state index is 0. The van der Waals surface area contributed by atoms with Gasteiger partial charge in [-0.3, -0.25) is 9.59 Å². The summed E-state index contributed by atoms with van der Waals surface area (Å²) in [4.78, 5) is 26.9. The molecule has 3 heterocycles. The molecule has 1 fully saturated rings. The predicted octanol–water partition coefficient (Wildman–Crippen LogP) is 1.27. The summed E-state index contributed by atoms with van der Waals surface area (Å²) in [6, 6.07) is 5.46. The Labute approximate surface area is 164 Å². The molecule has 2 amide bonds. The fraction of sp³-hybridized carbons (Fsp3) is 0.474. The van der Waals surface area contributed by atoms with Crippen molar-refractivity contribution in [3.8, 4) is 11.5 Å². The summed E-state index contributed by atoms with van der Waals surface area (Å²) in [6.45, 7) is 3.86. The Morgan fingerprint density at radius 1 is 1.26 bits per heavy atom. The maximum absolute atomic E-state index is 12.7. The fourth-order valence-electron chi connectivity index (χ4n) is 3.53. The van der Waals surface area contributed by atoms with Crippen molar-refractivity contribution >= 4 is 29.9 Å². The van der Waals surface area contributed by atoms with E-state index in [2.05, 4.69) is 16.7 Å². The van der Waals surface area contributed by atoms with E-state index >= 15 is 0 Å². The van der Waals surface area contributed by atoms with E-state index < -0.39 is 5.92 Å². The number of carbonyl (C=O) groups excluding carboxylic acids is 2. The van der Waals surface area contributed by atoms with Crippen molar-refractivity contribution in [1.29, 1.82) is 0 Å². The van der Waals surface area contributed by atoms with Crippen LogP contribution < -0.4 is 25.0 Å². The first kappa shape index (κ1) is 19.5. The average molecular weight is 394 g/mol. The molecule has 1 aromatic rings. The number of halogens is 1. The number of anilines is 1. The third-order valence-corrected chi connectivity index (χ3v) is 5.01. The molecule has 27 heavy (non-hydrogen) atoms. The van der Waals surface area contributed by atoms with Crippen molar-refractivity contribution in [3.63, 3.8) is 0 Å². The molecule has 1 atom stereocenters. The number of amides is 2. The van der Waals surface area contributed by atoms with E-state index in [0.717, 1.165) is 25.2 Å². The molecule has 0 saturated carbocycles. The number of ether oxygens (including phenoxy) is 2. The number of carbonyl (C=O) groups is 2. The predicted molar refractivity (Wildman–Crippen MR) is 104 cm³/mol. The van der Waals surface area contributed by atoms with Gasteiger partial charge in [0.2, 0.25) is 11.8 Å². The minimum Gasteiger partial charge on any atom is -0.486 e. The van der Waals surface area contributed by atoms with Crippen LogP contribution in [0.25, 0.3) is 0 Å². The molecule has 0 spiro atoms. The maximum Gasteiger partial charge on any atom is 0.239 e. The van der Waals surface area contributed by atoms with Gasteiger partial charge in [-0.15, -0.1) is 12.4 Å². The van der Waals surface area contributed by atoms with Crippen molar-refractivity contribution in [2.45, 2.75) is 12.8 Å². The van der Waals surface area contributed by atoms with Crippen LogP contribution in [0, 0.1) is 5.92 Å². The van der Waals surface area contributed by atoms with Crippen molar-refractivity contribution in [3.05, 3.63) is 29.8 Å². The first-order valence-electron chi connectivity index (χ1n) is 9.10. The summed E-state index contributed by atoms with van der Waals surface area (Å²) in [6.07, 6.45) is 3.56. The summed E-state index contributed by atoms with van der Waals surface area (Å²) >= 11 is 0. The van der Waals surface area contributed by atoms with E-state index in [-0.39, 0.29) is 24.2 Å². The lowest BCUT2D eigenvalue weighted by Gasteiger charge is -2.22. The van der Waals surface area contributed by atoms with Crippen molar-refractivity contribution in [2.24, 2.45) is 5.92 Å². The van der Waals surface area contributed by atoms with Crippen molar-refractivity contribution in [1.82, 2.24) is 10.6 Å². The van der Waals surface area contributed by atoms with E-state index in [4.69, 9.17) is 9.47 Å². The summed E-state index contributed by atoms with van der Waals surface area (Å²) in [5.41, 5.74) is 1.96. The van der Waals surface area contributed by atoms with E-state index in [1.54, 1.807) is 4.90 Å². The zero-order chi connectivity index (χ0) is 17.9. The van der Waals surface area contributed by atoms with Crippen LogP contribution in [0.5, 0.6) is 11.5 Å². The Balaban J connectivity index is 0.00000210. The third kappa shape index (κ3) is 4.20. The highest BCUT2D eigenvalue weighted by Gasteiger charge is 2.37. The van der Waals surface area contributed by atoms with Crippen LogP contribution >= 0.6 is 12.4 Å². The molecule has 4 rings (SSSR count). The first-order chi connectivity index (χ1) is 12.7. The quantitative estimate of drug-likeness (QED) is 0.595. The third-order valence-electron chi connectivity index (χ3n) is 5.01. The second kappa shape index (κ2) is 8.63. The topological polar surface area (TPSA) is 79.9 Å². The maximum atomic E-state index is 12.7. The number of nitrogens with zero attached hydrogens (tertiary/aromatic N) is 1. The summed E-state index contributed by atoms with van der Waals surface area (Å²) < 4.78 is 11.1. The van der Waals surface area contributed by atoms with Gasteiger partial charge >= 0.3 is 0 Å². The van der Waals surface area contributed by atoms with Gasteiger partial charge in [-0.2, -0.15) is 0 Å². The highest BCUT2D eigenvalue weighted by Crippen LogP contribution is 2.36. The van der Waals surface area contributed by atoms with Crippen LogP contribution in [0.2, 0.25) is 0 Å². The molecule has 1 aromatic carbocycles. The zero-order valence-electron chi connectivity index (χ0n) is 15.0. The molecule has 7 nitrogen and oxygen atoms in total. The van der Waals surface area contributed by atoms with Gasteiger partial charge in [0.1, 0.15) is 19.1 Å². The van der Waals surface area contributed by atoms with Gasteiger partial charge in [0.25, 0.3) is 0 Å². The fourth-order valence-corrected chi connectivity index (χ4v) is 3.53. The summed E-state index contributed by atoms with van der Waals surface area (Å²) in [5, 5.41) is 6.16. The van der Waals surface area contributed by atoms with Crippen molar-refractivity contribution in [2.75, 3.05) is 44.3 Å². The molecule has 0 bridgehead atoms. The standard InChI is InChI=1S/C19H23N3O4.ClH/c23-18(21-12-13-3-6-20-7-4-13)15-5-8-22(19(15)24)14-1-2-16-17(11-14)26-10-9-25-16;/h1-3,11,15,20H,4-10,12H2,(H,21,23);1H. The normalized spacial score (nSPS) is 21.3. The Morgan fingerprint density at radius 3 is 2.85 bits per heavy atom. The largest absolute Gasteiger partial charge is 0.486 e. The zero-order valence-corrected chi connectivity index (χ0v) is 15.8. The molecule has 0 aromatic heterocycles. The number of rotatable bonds is 4. The highest BCUT2D eigenvalue weighted by atomic mass is 35.5. The van der Waals surface area contributed by atoms with Gasteiger partial charge < -0.3 is 25.0 Å². The average Bonchev–Trinajstić information content (AvgIpc) is 3.08. The van der Waals surface area contributed by atoms with Gasteiger partial charge in [0, 0.05) is 31.4 Å². The molecule has 0 radical (unpaired) electrons. The van der Waals surface area contributed by atoms with Crippen LogP contribution in [0.4, 0.5) is 5.69 Å². The monoisotopic (exact) mass is 393 g/mol. The molecule has 3 aliphatic rings. The number of hydrogen-bond donors (Lipinski definition) is 2. The molecular weight excluding hydrogens is 370 g/mol. The van der Waals surface area contributed by atoms with Crippen LogP contribution in [0.15, 0.2) is 29.8 Å². The highest BCUT2D eigenvalue weighted by molar-refractivity contribution is 6.09. The van der Waals surface area contributed by atoms with E-state index in [9.17, 15) is 9.59 Å². The second-order valence-electron chi connectivity index (χ2n) is 6.69. The lowest BCUT2D eigenvalue weighted by molar-refractivity contribution is -0.132. The van der Waals surface area contributed by atoms with E-state index in [1.807, 2.05) is 18.2 Å². The first-order valence-corrected chi connectivity index (χ1v) is 9.10. The summed E-state index contributed by atoms with van der Waals surface area (Å²) in [5.74, 6) is 0.377. The Kier molecular flexibility index (Phi) is 6.23. The molecular formula is C19H24ClN3O4. The van der Waals surface area contributed by atoms with Crippen LogP contribution in [0.3, 0.4) is 0 Å². The van der Waals surface area contributed by atoms with E-state index in [1.165, 1.54) is 5.57 Å². The molecule has 0 aliphatic carbocycles. The lowest BCUT2D eigenvalue weighted by atomic mass is 10.1. The van der Waals surface area contributed by atoms with Gasteiger partial charge in [0.05, 0.1) is 0 Å². The van der Waals surface area contributed by atoms with Gasteiger partial charge in [-0.1, -0.05) is 11.6 Å². The Bertz CT molecular complexity index is 752. The molecule has 1 saturated heterocycles. The molecule has 3 aliphatic heterocycles. The Morgan fingerprint density at radius 2 is 2.07 bits per heavy atom. The smallest absolute Gasteiger partial charge is 0.239 e. The van der Waals surface area contributed by atoms with Crippen LogP contribution in [-0.4, -0.2) is 51.2 Å². The summed E-state index contributed by atoms with van der Waals surface area (Å²) in [7, 11) is 0. The van der Waals surface area contributed by atoms with Crippen molar-refractivity contribution < 1.29 is 19.1 Å². The van der Waals surface area contributed by atoms with E-state index in [0.29, 0.717) is 44.2 Å². The van der Waals surface area contributed by atoms with Crippen LogP contribution in [-0.2, 0) is 9.59 Å². The molecule has 1 unspecified atom stereocenters. The number of nitrogens with one attached hydrogen (secondary N) is 2. The molecule has 8 heteroatoms. The van der Waals surface area contributed by atoms with Gasteiger partial charge in [0.15, 0.2) is 11.5 Å². The van der Waals surface area contributed by atoms with Gasteiger partial charge in [-0.05, 0) is 31.5 Å². The number of hydrogen-bond acceptors (Lipinski definition) is 5. The second-order valence-corrected chi connectivity index (χ2v) is 6.69. The SMILES string of the molecule is Cl.O=C(NCC1=CCNCC1)C1CCN(c2ccc3c(c2)OCCO3)C1=O. The minimum atomic E-state index is -0.620.